The highest BCUT2D eigenvalue weighted by atomic mass is 32.2. The van der Waals surface area contributed by atoms with Crippen LogP contribution in [0.4, 0.5) is 0 Å². The van der Waals surface area contributed by atoms with Gasteiger partial charge < -0.3 is 10.8 Å². The molecule has 4 nitrogen and oxygen atoms in total. The zero-order chi connectivity index (χ0) is 9.26. The third kappa shape index (κ3) is 1.94. The first-order valence-corrected chi connectivity index (χ1v) is 4.91. The van der Waals surface area contributed by atoms with Crippen molar-refractivity contribution >= 4 is 11.8 Å². The first-order chi connectivity index (χ1) is 6.25. The molecule has 1 aromatic rings. The molecule has 1 aliphatic heterocycles. The highest BCUT2D eigenvalue weighted by molar-refractivity contribution is 8.00. The molecule has 1 aliphatic rings. The Labute approximate surface area is 80.5 Å². The maximum Gasteiger partial charge on any atom is 0.117 e. The molecule has 2 atom stereocenters. The van der Waals surface area contributed by atoms with E-state index in [0.717, 1.165) is 5.56 Å². The quantitative estimate of drug-likeness (QED) is 0.527. The first-order valence-electron chi connectivity index (χ1n) is 3.97. The van der Waals surface area contributed by atoms with Crippen molar-refractivity contribution in [2.24, 2.45) is 5.73 Å². The van der Waals surface area contributed by atoms with Crippen LogP contribution in [0.15, 0.2) is 24.3 Å². The van der Waals surface area contributed by atoms with E-state index in [9.17, 15) is 0 Å². The molecule has 0 amide bonds. The number of hydrogen-bond donors (Lipinski definition) is 4. The van der Waals surface area contributed by atoms with Gasteiger partial charge in [-0.3, -0.25) is 0 Å². The Balaban J connectivity index is 2.13. The Hall–Kier alpha value is -0.750. The van der Waals surface area contributed by atoms with Crippen molar-refractivity contribution in [1.82, 2.24) is 10.9 Å². The number of hydrazine groups is 1. The minimum atomic E-state index is -0.0706. The highest BCUT2D eigenvalue weighted by Crippen LogP contribution is 2.30. The van der Waals surface area contributed by atoms with Crippen molar-refractivity contribution in [2.45, 2.75) is 10.9 Å². The van der Waals surface area contributed by atoms with E-state index in [0.29, 0.717) is 0 Å². The molecule has 1 saturated heterocycles. The van der Waals surface area contributed by atoms with Gasteiger partial charge in [-0.25, -0.2) is 10.9 Å². The van der Waals surface area contributed by atoms with Crippen molar-refractivity contribution in [3.05, 3.63) is 29.8 Å². The number of hydrogen-bond acceptors (Lipinski definition) is 5. The van der Waals surface area contributed by atoms with Crippen LogP contribution in [-0.4, -0.2) is 10.6 Å². The average Bonchev–Trinajstić information content (AvgIpc) is 2.53. The van der Waals surface area contributed by atoms with Gasteiger partial charge in [0.25, 0.3) is 0 Å². The first kappa shape index (κ1) is 8.83. The molecule has 70 valence electrons. The third-order valence-corrected chi connectivity index (χ3v) is 2.91. The third-order valence-electron chi connectivity index (χ3n) is 1.84. The molecule has 1 fully saturated rings. The van der Waals surface area contributed by atoms with Gasteiger partial charge in [-0.2, -0.15) is 0 Å². The maximum atomic E-state index is 9.08. The van der Waals surface area contributed by atoms with Crippen molar-refractivity contribution in [2.75, 3.05) is 0 Å². The van der Waals surface area contributed by atoms with Crippen LogP contribution in [0.2, 0.25) is 0 Å². The van der Waals surface area contributed by atoms with Gasteiger partial charge in [0, 0.05) is 0 Å². The van der Waals surface area contributed by atoms with Gasteiger partial charge in [0.2, 0.25) is 0 Å². The lowest BCUT2D eigenvalue weighted by molar-refractivity contribution is 0.474. The van der Waals surface area contributed by atoms with Gasteiger partial charge in [-0.15, -0.1) is 11.8 Å². The van der Waals surface area contributed by atoms with Gasteiger partial charge in [-0.1, -0.05) is 12.1 Å². The normalized spacial score (nSPS) is 27.8. The van der Waals surface area contributed by atoms with E-state index in [2.05, 4.69) is 10.9 Å². The number of phenolic OH excluding ortho intramolecular Hbond substituents is 1. The van der Waals surface area contributed by atoms with Gasteiger partial charge >= 0.3 is 0 Å². The van der Waals surface area contributed by atoms with Crippen molar-refractivity contribution in [3.63, 3.8) is 0 Å². The van der Waals surface area contributed by atoms with Crippen LogP contribution in [0.1, 0.15) is 10.9 Å². The van der Waals surface area contributed by atoms with Gasteiger partial charge in [0.1, 0.15) is 11.2 Å². The van der Waals surface area contributed by atoms with Crippen LogP contribution in [0.25, 0.3) is 0 Å². The molecule has 2 rings (SSSR count). The maximum absolute atomic E-state index is 9.08. The van der Waals surface area contributed by atoms with Gasteiger partial charge in [-0.05, 0) is 17.7 Å². The molecule has 0 bridgehead atoms. The molecule has 0 saturated carbocycles. The zero-order valence-electron chi connectivity index (χ0n) is 6.90. The molecule has 5 N–H and O–H groups in total. The van der Waals surface area contributed by atoms with Crippen molar-refractivity contribution < 1.29 is 5.11 Å². The predicted molar refractivity (Wildman–Crippen MR) is 52.7 cm³/mol. The molecule has 0 radical (unpaired) electrons. The fraction of sp³-hybridized carbons (Fsp3) is 0.250. The van der Waals surface area contributed by atoms with Crippen LogP contribution in [0, 0.1) is 0 Å². The molecular formula is C8H11N3OS. The minimum Gasteiger partial charge on any atom is -0.508 e. The summed E-state index contributed by atoms with van der Waals surface area (Å²) in [5, 5.41) is 9.25. The van der Waals surface area contributed by atoms with E-state index in [1.807, 2.05) is 12.1 Å². The van der Waals surface area contributed by atoms with E-state index in [1.165, 1.54) is 0 Å². The zero-order valence-corrected chi connectivity index (χ0v) is 7.71. The van der Waals surface area contributed by atoms with Crippen LogP contribution in [0.3, 0.4) is 0 Å². The average molecular weight is 197 g/mol. The largest absolute Gasteiger partial charge is 0.508 e. The Morgan fingerprint density at radius 3 is 2.46 bits per heavy atom. The van der Waals surface area contributed by atoms with E-state index in [-0.39, 0.29) is 16.6 Å². The molecule has 13 heavy (non-hydrogen) atoms. The SMILES string of the molecule is NC1NNC(c2ccc(O)cc2)S1. The summed E-state index contributed by atoms with van der Waals surface area (Å²) >= 11 is 1.60. The molecule has 0 aromatic heterocycles. The van der Waals surface area contributed by atoms with Gasteiger partial charge in [0.05, 0.1) is 5.37 Å². The van der Waals surface area contributed by atoms with E-state index < -0.39 is 0 Å². The molecule has 1 aromatic carbocycles. The Kier molecular flexibility index (Phi) is 2.41. The lowest BCUT2D eigenvalue weighted by atomic mass is 10.2. The summed E-state index contributed by atoms with van der Waals surface area (Å²) in [5.74, 6) is 0.281. The second-order valence-electron chi connectivity index (χ2n) is 2.82. The number of thioether (sulfide) groups is 1. The van der Waals surface area contributed by atoms with Crippen molar-refractivity contribution in [3.8, 4) is 5.75 Å². The second-order valence-corrected chi connectivity index (χ2v) is 4.07. The molecular weight excluding hydrogens is 186 g/mol. The summed E-state index contributed by atoms with van der Waals surface area (Å²) in [6.07, 6.45) is 0. The number of aromatic hydroxyl groups is 1. The fourth-order valence-electron chi connectivity index (χ4n) is 1.18. The lowest BCUT2D eigenvalue weighted by Crippen LogP contribution is -2.35. The number of nitrogens with two attached hydrogens (primary N) is 1. The summed E-state index contributed by atoms with van der Waals surface area (Å²) in [5.41, 5.74) is 12.6. The molecule has 1 heterocycles. The van der Waals surface area contributed by atoms with Crippen molar-refractivity contribution in [1.29, 1.82) is 0 Å². The van der Waals surface area contributed by atoms with Crippen LogP contribution >= 0.6 is 11.8 Å². The smallest absolute Gasteiger partial charge is 0.117 e. The Bertz CT molecular complexity index is 290. The predicted octanol–water partition coefficient (Wildman–Crippen LogP) is 0.474. The Morgan fingerprint density at radius 1 is 1.23 bits per heavy atom. The van der Waals surface area contributed by atoms with Crippen LogP contribution < -0.4 is 16.6 Å². The van der Waals surface area contributed by atoms with E-state index in [4.69, 9.17) is 10.8 Å². The number of benzene rings is 1. The molecule has 5 heteroatoms. The highest BCUT2D eigenvalue weighted by Gasteiger charge is 2.22. The minimum absolute atomic E-state index is 0.0706. The van der Waals surface area contributed by atoms with Gasteiger partial charge in [0.15, 0.2) is 0 Å². The number of rotatable bonds is 1. The second kappa shape index (κ2) is 3.55. The molecule has 2 unspecified atom stereocenters. The molecule has 0 aliphatic carbocycles. The summed E-state index contributed by atoms with van der Waals surface area (Å²) in [6.45, 7) is 0. The standard InChI is InChI=1S/C8H11N3OS/c9-8-11-10-7(13-8)5-1-3-6(12)4-2-5/h1-4,7-8,10-12H,9H2. The summed E-state index contributed by atoms with van der Waals surface area (Å²) in [6, 6.07) is 7.09. The van der Waals surface area contributed by atoms with Crippen LogP contribution in [0.5, 0.6) is 5.75 Å². The monoisotopic (exact) mass is 197 g/mol. The van der Waals surface area contributed by atoms with E-state index in [1.54, 1.807) is 23.9 Å². The summed E-state index contributed by atoms with van der Waals surface area (Å²) in [7, 11) is 0. The van der Waals surface area contributed by atoms with E-state index >= 15 is 0 Å². The fourth-order valence-corrected chi connectivity index (χ4v) is 2.06. The van der Waals surface area contributed by atoms with Crippen LogP contribution in [-0.2, 0) is 0 Å². The summed E-state index contributed by atoms with van der Waals surface area (Å²) in [4.78, 5) is 0. The topological polar surface area (TPSA) is 70.3 Å². The molecule has 0 spiro atoms. The lowest BCUT2D eigenvalue weighted by Gasteiger charge is -2.08. The number of nitrogens with one attached hydrogen (secondary N) is 2. The Morgan fingerprint density at radius 2 is 1.92 bits per heavy atom. The number of phenols is 1. The summed E-state index contributed by atoms with van der Waals surface area (Å²) < 4.78 is 0.